The monoisotopic (exact) mass is 326 g/mol. The van der Waals surface area contributed by atoms with Crippen LogP contribution in [-0.2, 0) is 0 Å². The SMILES string of the molecule is COc1ccc(C(=O)Nc2ccccc2N2CCCC2)c(OC)c1. The lowest BCUT2D eigenvalue weighted by molar-refractivity contribution is 0.102. The van der Waals surface area contributed by atoms with Crippen molar-refractivity contribution in [2.45, 2.75) is 12.8 Å². The van der Waals surface area contributed by atoms with Gasteiger partial charge in [-0.1, -0.05) is 12.1 Å². The average Bonchev–Trinajstić information content (AvgIpc) is 3.16. The highest BCUT2D eigenvalue weighted by Crippen LogP contribution is 2.30. The second-order valence-corrected chi connectivity index (χ2v) is 5.73. The van der Waals surface area contributed by atoms with Crippen LogP contribution >= 0.6 is 0 Å². The number of methoxy groups -OCH3 is 2. The summed E-state index contributed by atoms with van der Waals surface area (Å²) >= 11 is 0. The first-order valence-electron chi connectivity index (χ1n) is 8.10. The number of benzene rings is 2. The highest BCUT2D eigenvalue weighted by molar-refractivity contribution is 6.07. The molecule has 126 valence electrons. The quantitative estimate of drug-likeness (QED) is 0.913. The van der Waals surface area contributed by atoms with Gasteiger partial charge in [0.15, 0.2) is 0 Å². The molecule has 1 heterocycles. The summed E-state index contributed by atoms with van der Waals surface area (Å²) in [6.45, 7) is 2.05. The number of carbonyl (C=O) groups is 1. The van der Waals surface area contributed by atoms with Gasteiger partial charge >= 0.3 is 0 Å². The Kier molecular flexibility index (Phi) is 4.89. The lowest BCUT2D eigenvalue weighted by atomic mass is 10.1. The van der Waals surface area contributed by atoms with Gasteiger partial charge in [-0.15, -0.1) is 0 Å². The van der Waals surface area contributed by atoms with E-state index in [2.05, 4.69) is 10.2 Å². The molecule has 1 aliphatic rings. The zero-order chi connectivity index (χ0) is 16.9. The van der Waals surface area contributed by atoms with Gasteiger partial charge < -0.3 is 19.7 Å². The number of ether oxygens (including phenoxy) is 2. The van der Waals surface area contributed by atoms with Gasteiger partial charge in [0.05, 0.1) is 31.2 Å². The standard InChI is InChI=1S/C19H22N2O3/c1-23-14-9-10-15(18(13-14)24-2)19(22)20-16-7-3-4-8-17(16)21-11-5-6-12-21/h3-4,7-10,13H,5-6,11-12H2,1-2H3,(H,20,22). The molecule has 5 heteroatoms. The van der Waals surface area contributed by atoms with Crippen LogP contribution in [0.4, 0.5) is 11.4 Å². The number of hydrogen-bond acceptors (Lipinski definition) is 4. The normalized spacial score (nSPS) is 13.7. The molecular weight excluding hydrogens is 304 g/mol. The second kappa shape index (κ2) is 7.25. The van der Waals surface area contributed by atoms with E-state index in [9.17, 15) is 4.79 Å². The largest absolute Gasteiger partial charge is 0.497 e. The Hall–Kier alpha value is -2.69. The van der Waals surface area contributed by atoms with E-state index in [1.54, 1.807) is 32.4 Å². The van der Waals surface area contributed by atoms with Crippen LogP contribution in [0.5, 0.6) is 11.5 Å². The van der Waals surface area contributed by atoms with Gasteiger partial charge in [-0.3, -0.25) is 4.79 Å². The van der Waals surface area contributed by atoms with E-state index in [0.717, 1.165) is 24.5 Å². The predicted molar refractivity (Wildman–Crippen MR) is 95.4 cm³/mol. The lowest BCUT2D eigenvalue weighted by Gasteiger charge is -2.21. The minimum atomic E-state index is -0.193. The molecule has 0 unspecified atom stereocenters. The van der Waals surface area contributed by atoms with Crippen LogP contribution in [0.1, 0.15) is 23.2 Å². The van der Waals surface area contributed by atoms with Crippen molar-refractivity contribution in [3.63, 3.8) is 0 Å². The van der Waals surface area contributed by atoms with E-state index in [1.807, 2.05) is 24.3 Å². The van der Waals surface area contributed by atoms with E-state index in [4.69, 9.17) is 9.47 Å². The topological polar surface area (TPSA) is 50.8 Å². The summed E-state index contributed by atoms with van der Waals surface area (Å²) in [6.07, 6.45) is 2.38. The maximum Gasteiger partial charge on any atom is 0.259 e. The zero-order valence-electron chi connectivity index (χ0n) is 14.0. The number of amides is 1. The summed E-state index contributed by atoms with van der Waals surface area (Å²) in [5.41, 5.74) is 2.37. The molecule has 0 radical (unpaired) electrons. The second-order valence-electron chi connectivity index (χ2n) is 5.73. The van der Waals surface area contributed by atoms with Gasteiger partial charge in [-0.2, -0.15) is 0 Å². The molecule has 0 atom stereocenters. The Bertz CT molecular complexity index is 724. The van der Waals surface area contributed by atoms with Crippen molar-refractivity contribution in [1.82, 2.24) is 0 Å². The summed E-state index contributed by atoms with van der Waals surface area (Å²) in [4.78, 5) is 15.0. The van der Waals surface area contributed by atoms with Gasteiger partial charge in [0.25, 0.3) is 5.91 Å². The van der Waals surface area contributed by atoms with Crippen molar-refractivity contribution in [3.8, 4) is 11.5 Å². The summed E-state index contributed by atoms with van der Waals surface area (Å²) < 4.78 is 10.5. The third kappa shape index (κ3) is 3.30. The van der Waals surface area contributed by atoms with Crippen molar-refractivity contribution < 1.29 is 14.3 Å². The van der Waals surface area contributed by atoms with Crippen LogP contribution in [0, 0.1) is 0 Å². The summed E-state index contributed by atoms with van der Waals surface area (Å²) in [5, 5.41) is 3.01. The number of rotatable bonds is 5. The molecule has 0 aliphatic carbocycles. The fourth-order valence-electron chi connectivity index (χ4n) is 2.99. The first-order valence-corrected chi connectivity index (χ1v) is 8.10. The van der Waals surface area contributed by atoms with E-state index in [1.165, 1.54) is 12.8 Å². The van der Waals surface area contributed by atoms with Crippen LogP contribution in [0.2, 0.25) is 0 Å². The molecule has 1 aliphatic heterocycles. The molecule has 1 amide bonds. The van der Waals surface area contributed by atoms with Crippen molar-refractivity contribution in [2.75, 3.05) is 37.5 Å². The van der Waals surface area contributed by atoms with Gasteiger partial charge in [0.1, 0.15) is 11.5 Å². The van der Waals surface area contributed by atoms with Gasteiger partial charge in [-0.05, 0) is 37.1 Å². The fourth-order valence-corrected chi connectivity index (χ4v) is 2.99. The van der Waals surface area contributed by atoms with E-state index < -0.39 is 0 Å². The maximum atomic E-state index is 12.7. The van der Waals surface area contributed by atoms with Crippen molar-refractivity contribution >= 4 is 17.3 Å². The number of carbonyl (C=O) groups excluding carboxylic acids is 1. The van der Waals surface area contributed by atoms with Crippen molar-refractivity contribution in [3.05, 3.63) is 48.0 Å². The minimum absolute atomic E-state index is 0.193. The van der Waals surface area contributed by atoms with E-state index >= 15 is 0 Å². The number of nitrogens with zero attached hydrogens (tertiary/aromatic N) is 1. The summed E-state index contributed by atoms with van der Waals surface area (Å²) in [5.74, 6) is 0.951. The smallest absolute Gasteiger partial charge is 0.259 e. The molecular formula is C19H22N2O3. The fraction of sp³-hybridized carbons (Fsp3) is 0.316. The molecule has 5 nitrogen and oxygen atoms in total. The third-order valence-corrected chi connectivity index (χ3v) is 4.25. The molecule has 3 rings (SSSR count). The molecule has 0 saturated carbocycles. The van der Waals surface area contributed by atoms with Crippen molar-refractivity contribution in [1.29, 1.82) is 0 Å². The van der Waals surface area contributed by atoms with Crippen molar-refractivity contribution in [2.24, 2.45) is 0 Å². The zero-order valence-corrected chi connectivity index (χ0v) is 14.0. The van der Waals surface area contributed by atoms with E-state index in [0.29, 0.717) is 17.1 Å². The Morgan fingerprint density at radius 1 is 1.04 bits per heavy atom. The molecule has 0 spiro atoms. The van der Waals surface area contributed by atoms with Crippen LogP contribution < -0.4 is 19.7 Å². The van der Waals surface area contributed by atoms with Gasteiger partial charge in [0, 0.05) is 19.2 Å². The Balaban J connectivity index is 1.85. The van der Waals surface area contributed by atoms with Crippen LogP contribution in [-0.4, -0.2) is 33.2 Å². The van der Waals surface area contributed by atoms with Gasteiger partial charge in [0.2, 0.25) is 0 Å². The summed E-state index contributed by atoms with van der Waals surface area (Å²) in [6, 6.07) is 13.1. The Morgan fingerprint density at radius 3 is 2.50 bits per heavy atom. The lowest BCUT2D eigenvalue weighted by Crippen LogP contribution is -2.21. The average molecular weight is 326 g/mol. The molecule has 1 fully saturated rings. The Morgan fingerprint density at radius 2 is 1.79 bits per heavy atom. The molecule has 24 heavy (non-hydrogen) atoms. The Labute approximate surface area is 142 Å². The first-order chi connectivity index (χ1) is 11.7. The van der Waals surface area contributed by atoms with E-state index in [-0.39, 0.29) is 5.91 Å². The third-order valence-electron chi connectivity index (χ3n) is 4.25. The molecule has 0 bridgehead atoms. The van der Waals surface area contributed by atoms with Crippen LogP contribution in [0.15, 0.2) is 42.5 Å². The number of hydrogen-bond donors (Lipinski definition) is 1. The molecule has 2 aromatic carbocycles. The molecule has 0 aromatic heterocycles. The number of nitrogens with one attached hydrogen (secondary N) is 1. The minimum Gasteiger partial charge on any atom is -0.497 e. The number of para-hydroxylation sites is 2. The highest BCUT2D eigenvalue weighted by atomic mass is 16.5. The van der Waals surface area contributed by atoms with Crippen LogP contribution in [0.3, 0.4) is 0 Å². The molecule has 2 aromatic rings. The maximum absolute atomic E-state index is 12.7. The summed E-state index contributed by atoms with van der Waals surface area (Å²) in [7, 11) is 3.13. The number of anilines is 2. The van der Waals surface area contributed by atoms with Gasteiger partial charge in [-0.25, -0.2) is 0 Å². The first kappa shape index (κ1) is 16.2. The highest BCUT2D eigenvalue weighted by Gasteiger charge is 2.18. The molecule has 1 saturated heterocycles. The molecule has 1 N–H and O–H groups in total. The predicted octanol–water partition coefficient (Wildman–Crippen LogP) is 3.56. The van der Waals surface area contributed by atoms with Crippen LogP contribution in [0.25, 0.3) is 0 Å².